The highest BCUT2D eigenvalue weighted by Gasteiger charge is 2.08. The monoisotopic (exact) mass is 353 g/mol. The molecule has 0 aliphatic carbocycles. The molecular formula is C19H20ClN5. The van der Waals surface area contributed by atoms with Gasteiger partial charge in [0.2, 0.25) is 0 Å². The molecule has 25 heavy (non-hydrogen) atoms. The predicted molar refractivity (Wildman–Crippen MR) is 103 cm³/mol. The largest absolute Gasteiger partial charge is 0.366 e. The second-order valence-corrected chi connectivity index (χ2v) is 6.37. The van der Waals surface area contributed by atoms with Crippen LogP contribution in [0.3, 0.4) is 0 Å². The van der Waals surface area contributed by atoms with Crippen LogP contribution < -0.4 is 10.6 Å². The molecule has 2 N–H and O–H groups in total. The van der Waals surface area contributed by atoms with Crippen LogP contribution in [0.4, 0.5) is 17.3 Å². The molecule has 1 aromatic carbocycles. The Labute approximate surface area is 152 Å². The average molecular weight is 354 g/mol. The summed E-state index contributed by atoms with van der Waals surface area (Å²) in [5.41, 5.74) is 4.21. The molecule has 2 aromatic heterocycles. The lowest BCUT2D eigenvalue weighted by atomic mass is 10.1. The lowest BCUT2D eigenvalue weighted by molar-refractivity contribution is 1.02. The van der Waals surface area contributed by atoms with Gasteiger partial charge in [-0.25, -0.2) is 9.97 Å². The van der Waals surface area contributed by atoms with Gasteiger partial charge < -0.3 is 10.6 Å². The number of benzene rings is 1. The third kappa shape index (κ3) is 4.45. The number of hydrogen-bond donors (Lipinski definition) is 2. The van der Waals surface area contributed by atoms with Crippen LogP contribution in [0, 0.1) is 20.8 Å². The van der Waals surface area contributed by atoms with Crippen LogP contribution in [-0.4, -0.2) is 15.0 Å². The van der Waals surface area contributed by atoms with E-state index >= 15 is 0 Å². The molecule has 3 aromatic rings. The first kappa shape index (κ1) is 17.2. The molecule has 0 saturated heterocycles. The summed E-state index contributed by atoms with van der Waals surface area (Å²) in [6, 6.07) is 9.84. The number of aromatic nitrogens is 3. The molecule has 128 valence electrons. The van der Waals surface area contributed by atoms with E-state index in [1.54, 1.807) is 12.4 Å². The van der Waals surface area contributed by atoms with Gasteiger partial charge in [-0.05, 0) is 55.7 Å². The van der Waals surface area contributed by atoms with Crippen molar-refractivity contribution in [2.24, 2.45) is 0 Å². The van der Waals surface area contributed by atoms with E-state index in [1.165, 1.54) is 0 Å². The molecule has 0 aliphatic heterocycles. The second-order valence-electron chi connectivity index (χ2n) is 5.96. The van der Waals surface area contributed by atoms with Crippen molar-refractivity contribution in [1.82, 2.24) is 15.0 Å². The normalized spacial score (nSPS) is 10.6. The number of pyridine rings is 1. The highest BCUT2D eigenvalue weighted by Crippen LogP contribution is 2.30. The Balaban J connectivity index is 1.80. The topological polar surface area (TPSA) is 62.7 Å². The molecule has 0 saturated carbocycles. The molecule has 0 fully saturated rings. The Hall–Kier alpha value is -2.66. The van der Waals surface area contributed by atoms with Crippen LogP contribution in [0.5, 0.6) is 0 Å². The Bertz CT molecular complexity index is 857. The van der Waals surface area contributed by atoms with E-state index in [0.29, 0.717) is 23.2 Å². The average Bonchev–Trinajstić information content (AvgIpc) is 2.57. The minimum atomic E-state index is 0.669. The summed E-state index contributed by atoms with van der Waals surface area (Å²) >= 11 is 6.38. The van der Waals surface area contributed by atoms with Gasteiger partial charge in [-0.1, -0.05) is 17.7 Å². The van der Waals surface area contributed by atoms with Crippen LogP contribution >= 0.6 is 11.6 Å². The number of aryl methyl sites for hydroxylation is 3. The summed E-state index contributed by atoms with van der Waals surface area (Å²) < 4.78 is 0. The number of halogens is 1. The second kappa shape index (κ2) is 7.49. The lowest BCUT2D eigenvalue weighted by Gasteiger charge is -2.14. The van der Waals surface area contributed by atoms with E-state index in [1.807, 2.05) is 45.0 Å². The maximum Gasteiger partial charge on any atom is 0.136 e. The summed E-state index contributed by atoms with van der Waals surface area (Å²) in [6.07, 6.45) is 3.55. The number of hydrogen-bond acceptors (Lipinski definition) is 5. The smallest absolute Gasteiger partial charge is 0.136 e. The van der Waals surface area contributed by atoms with Crippen LogP contribution in [-0.2, 0) is 6.54 Å². The first-order chi connectivity index (χ1) is 12.0. The maximum absolute atomic E-state index is 6.38. The summed E-state index contributed by atoms with van der Waals surface area (Å²) in [6.45, 7) is 6.59. The highest BCUT2D eigenvalue weighted by molar-refractivity contribution is 6.33. The summed E-state index contributed by atoms with van der Waals surface area (Å²) in [4.78, 5) is 12.9. The SMILES string of the molecule is Cc1cc(C)c(Nc2cc(NCc3ccncc3)nc(C)n2)c(Cl)c1. The third-order valence-corrected chi connectivity index (χ3v) is 4.04. The van der Waals surface area contributed by atoms with Gasteiger partial charge >= 0.3 is 0 Å². The molecule has 5 nitrogen and oxygen atoms in total. The van der Waals surface area contributed by atoms with Crippen molar-refractivity contribution in [3.63, 3.8) is 0 Å². The summed E-state index contributed by atoms with van der Waals surface area (Å²) in [7, 11) is 0. The predicted octanol–water partition coefficient (Wildman–Crippen LogP) is 4.81. The van der Waals surface area contributed by atoms with Gasteiger partial charge in [0.25, 0.3) is 0 Å². The minimum Gasteiger partial charge on any atom is -0.366 e. The van der Waals surface area contributed by atoms with E-state index in [2.05, 4.69) is 31.7 Å². The Kier molecular flexibility index (Phi) is 5.14. The zero-order chi connectivity index (χ0) is 17.8. The van der Waals surface area contributed by atoms with E-state index in [9.17, 15) is 0 Å². The molecule has 2 heterocycles. The number of nitrogens with one attached hydrogen (secondary N) is 2. The molecule has 0 amide bonds. The van der Waals surface area contributed by atoms with Crippen LogP contribution in [0.15, 0.2) is 42.7 Å². The van der Waals surface area contributed by atoms with Crippen molar-refractivity contribution < 1.29 is 0 Å². The van der Waals surface area contributed by atoms with Crippen molar-refractivity contribution in [2.75, 3.05) is 10.6 Å². The highest BCUT2D eigenvalue weighted by atomic mass is 35.5. The minimum absolute atomic E-state index is 0.669. The first-order valence-electron chi connectivity index (χ1n) is 8.03. The Morgan fingerprint density at radius 3 is 2.40 bits per heavy atom. The molecule has 6 heteroatoms. The molecule has 0 spiro atoms. The van der Waals surface area contributed by atoms with Gasteiger partial charge in [0.1, 0.15) is 17.5 Å². The van der Waals surface area contributed by atoms with Crippen molar-refractivity contribution in [1.29, 1.82) is 0 Å². The molecule has 0 unspecified atom stereocenters. The van der Waals surface area contributed by atoms with E-state index < -0.39 is 0 Å². The molecule has 0 bridgehead atoms. The molecular weight excluding hydrogens is 334 g/mol. The fourth-order valence-corrected chi connectivity index (χ4v) is 2.99. The van der Waals surface area contributed by atoms with E-state index in [4.69, 9.17) is 11.6 Å². The third-order valence-electron chi connectivity index (χ3n) is 3.75. The number of anilines is 3. The maximum atomic E-state index is 6.38. The Morgan fingerprint density at radius 1 is 0.960 bits per heavy atom. The van der Waals surface area contributed by atoms with E-state index in [-0.39, 0.29) is 0 Å². The first-order valence-corrected chi connectivity index (χ1v) is 8.41. The zero-order valence-corrected chi connectivity index (χ0v) is 15.2. The van der Waals surface area contributed by atoms with Crippen molar-refractivity contribution in [3.8, 4) is 0 Å². The number of rotatable bonds is 5. The van der Waals surface area contributed by atoms with Gasteiger partial charge in [-0.2, -0.15) is 0 Å². The van der Waals surface area contributed by atoms with Gasteiger partial charge in [0.15, 0.2) is 0 Å². The lowest BCUT2D eigenvalue weighted by Crippen LogP contribution is -2.05. The van der Waals surface area contributed by atoms with E-state index in [0.717, 1.165) is 28.2 Å². The molecule has 0 atom stereocenters. The standard InChI is InChI=1S/C19H20ClN5/c1-12-8-13(2)19(16(20)9-12)25-18-10-17(23-14(3)24-18)22-11-15-4-6-21-7-5-15/h4-10H,11H2,1-3H3,(H2,22,23,24,25). The number of nitrogens with zero attached hydrogens (tertiary/aromatic N) is 3. The quantitative estimate of drug-likeness (QED) is 0.689. The fraction of sp³-hybridized carbons (Fsp3) is 0.211. The van der Waals surface area contributed by atoms with Crippen LogP contribution in [0.1, 0.15) is 22.5 Å². The van der Waals surface area contributed by atoms with Crippen molar-refractivity contribution in [2.45, 2.75) is 27.3 Å². The molecule has 3 rings (SSSR count). The molecule has 0 aliphatic rings. The Morgan fingerprint density at radius 2 is 1.68 bits per heavy atom. The van der Waals surface area contributed by atoms with Crippen LogP contribution in [0.25, 0.3) is 0 Å². The van der Waals surface area contributed by atoms with Gasteiger partial charge in [-0.15, -0.1) is 0 Å². The van der Waals surface area contributed by atoms with Gasteiger partial charge in [0, 0.05) is 25.0 Å². The van der Waals surface area contributed by atoms with Gasteiger partial charge in [-0.3, -0.25) is 4.98 Å². The molecule has 0 radical (unpaired) electrons. The van der Waals surface area contributed by atoms with Crippen LogP contribution in [0.2, 0.25) is 5.02 Å². The van der Waals surface area contributed by atoms with Crippen molar-refractivity contribution >= 4 is 28.9 Å². The van der Waals surface area contributed by atoms with Crippen molar-refractivity contribution in [3.05, 3.63) is 70.3 Å². The fourth-order valence-electron chi connectivity index (χ4n) is 2.62. The summed E-state index contributed by atoms with van der Waals surface area (Å²) in [5.74, 6) is 2.15. The zero-order valence-electron chi connectivity index (χ0n) is 14.5. The summed E-state index contributed by atoms with van der Waals surface area (Å²) in [5, 5.41) is 7.31. The van der Waals surface area contributed by atoms with Gasteiger partial charge in [0.05, 0.1) is 10.7 Å².